The average Bonchev–Trinajstić information content (AvgIpc) is 3.87. The van der Waals surface area contributed by atoms with Crippen LogP contribution in [0.15, 0.2) is 65.7 Å². The number of ketones is 1. The predicted molar refractivity (Wildman–Crippen MR) is 165 cm³/mol. The molecule has 5 rings (SSSR count). The Morgan fingerprint density at radius 1 is 0.976 bits per heavy atom. The first-order valence-corrected chi connectivity index (χ1v) is 15.3. The zero-order valence-corrected chi connectivity index (χ0v) is 24.9. The van der Waals surface area contributed by atoms with E-state index in [1.54, 1.807) is 17.0 Å². The topological polar surface area (TPSA) is 87.0 Å². The molecule has 1 aliphatic carbocycles. The molecule has 42 heavy (non-hydrogen) atoms. The van der Waals surface area contributed by atoms with Gasteiger partial charge in [0.15, 0.2) is 5.75 Å². The second kappa shape index (κ2) is 13.7. The number of carbonyl (C=O) groups is 1. The number of Topliss-reactive ketones (excluding diaryl/α,β-unsaturated/α-hetero) is 1. The van der Waals surface area contributed by atoms with E-state index >= 15 is 0 Å². The van der Waals surface area contributed by atoms with Crippen molar-refractivity contribution in [2.24, 2.45) is 5.92 Å². The maximum Gasteiger partial charge on any atom is 0.264 e. The van der Waals surface area contributed by atoms with Gasteiger partial charge >= 0.3 is 0 Å². The van der Waals surface area contributed by atoms with Gasteiger partial charge in [0.25, 0.3) is 5.56 Å². The van der Waals surface area contributed by atoms with Crippen LogP contribution in [0.4, 0.5) is 0 Å². The maximum absolute atomic E-state index is 14.0. The minimum Gasteiger partial charge on any atom is -0.491 e. The van der Waals surface area contributed by atoms with E-state index in [1.807, 2.05) is 26.0 Å². The molecule has 0 radical (unpaired) electrons. The lowest BCUT2D eigenvalue weighted by atomic mass is 9.94. The standard InChI is InChI=1S/C35H40N4O3/c1-4-7-12-31-30(34(41)39(33(5-2)38-31)35-36-22-28(23-37-35)42-6-3)21-24-13-15-26(16-14-24)29-11-9-8-10-25(29)19-20-32(40)27-17-18-27/h8-11,13-16,22-23,27H,4-7,12,17-21H2,1-3H3. The molecule has 7 heteroatoms. The molecule has 0 aliphatic heterocycles. The van der Waals surface area contributed by atoms with Crippen LogP contribution in [0.25, 0.3) is 17.1 Å². The number of aryl methyl sites for hydroxylation is 3. The van der Waals surface area contributed by atoms with Crippen molar-refractivity contribution in [2.75, 3.05) is 6.61 Å². The van der Waals surface area contributed by atoms with Crippen LogP contribution in [-0.4, -0.2) is 31.9 Å². The quantitative estimate of drug-likeness (QED) is 0.174. The highest BCUT2D eigenvalue weighted by Gasteiger charge is 2.28. The van der Waals surface area contributed by atoms with Crippen molar-refractivity contribution in [2.45, 2.75) is 78.6 Å². The van der Waals surface area contributed by atoms with Crippen molar-refractivity contribution < 1.29 is 9.53 Å². The van der Waals surface area contributed by atoms with Gasteiger partial charge in [0.2, 0.25) is 5.95 Å². The number of unbranched alkanes of at least 4 members (excludes halogenated alkanes) is 1. The fourth-order valence-electron chi connectivity index (χ4n) is 5.38. The number of benzene rings is 2. The Morgan fingerprint density at radius 3 is 2.38 bits per heavy atom. The van der Waals surface area contributed by atoms with Gasteiger partial charge in [0.05, 0.1) is 24.7 Å². The van der Waals surface area contributed by atoms with Crippen LogP contribution in [0, 0.1) is 5.92 Å². The number of hydrogen-bond donors (Lipinski definition) is 0. The molecule has 0 spiro atoms. The molecule has 2 aromatic carbocycles. The minimum absolute atomic E-state index is 0.119. The monoisotopic (exact) mass is 564 g/mol. The van der Waals surface area contributed by atoms with Gasteiger partial charge in [0.1, 0.15) is 11.6 Å². The summed E-state index contributed by atoms with van der Waals surface area (Å²) in [6.07, 6.45) is 10.5. The molecular formula is C35H40N4O3. The maximum atomic E-state index is 14.0. The fraction of sp³-hybridized carbons (Fsp3) is 0.400. The van der Waals surface area contributed by atoms with Crippen LogP contribution in [0.3, 0.4) is 0 Å². The number of carbonyl (C=O) groups excluding carboxylic acids is 1. The molecule has 0 unspecified atom stereocenters. The molecule has 1 aliphatic rings. The lowest BCUT2D eigenvalue weighted by Gasteiger charge is -2.16. The molecule has 1 saturated carbocycles. The zero-order valence-electron chi connectivity index (χ0n) is 24.9. The first-order chi connectivity index (χ1) is 20.5. The fourth-order valence-corrected chi connectivity index (χ4v) is 5.38. The highest BCUT2D eigenvalue weighted by molar-refractivity contribution is 5.83. The highest BCUT2D eigenvalue weighted by atomic mass is 16.5. The van der Waals surface area contributed by atoms with Gasteiger partial charge in [-0.15, -0.1) is 0 Å². The van der Waals surface area contributed by atoms with E-state index < -0.39 is 0 Å². The van der Waals surface area contributed by atoms with Gasteiger partial charge in [-0.05, 0) is 61.3 Å². The summed E-state index contributed by atoms with van der Waals surface area (Å²) in [5, 5.41) is 0. The van der Waals surface area contributed by atoms with Crippen molar-refractivity contribution in [3.05, 3.63) is 99.5 Å². The molecule has 0 amide bonds. The summed E-state index contributed by atoms with van der Waals surface area (Å²) < 4.78 is 7.04. The molecule has 218 valence electrons. The van der Waals surface area contributed by atoms with Crippen LogP contribution < -0.4 is 10.3 Å². The summed E-state index contributed by atoms with van der Waals surface area (Å²) >= 11 is 0. The van der Waals surface area contributed by atoms with Crippen molar-refractivity contribution in [1.82, 2.24) is 19.5 Å². The van der Waals surface area contributed by atoms with E-state index in [9.17, 15) is 9.59 Å². The molecule has 2 heterocycles. The van der Waals surface area contributed by atoms with E-state index in [0.717, 1.165) is 60.9 Å². The van der Waals surface area contributed by atoms with Gasteiger partial charge in [-0.2, -0.15) is 0 Å². The predicted octanol–water partition coefficient (Wildman–Crippen LogP) is 6.50. The Bertz CT molecular complexity index is 1570. The van der Waals surface area contributed by atoms with Gasteiger partial charge in [0, 0.05) is 30.7 Å². The third-order valence-electron chi connectivity index (χ3n) is 7.88. The van der Waals surface area contributed by atoms with E-state index in [2.05, 4.69) is 53.3 Å². The Hall–Kier alpha value is -4.13. The minimum atomic E-state index is -0.119. The van der Waals surface area contributed by atoms with Gasteiger partial charge in [-0.1, -0.05) is 68.8 Å². The Morgan fingerprint density at radius 2 is 1.71 bits per heavy atom. The van der Waals surface area contributed by atoms with Gasteiger partial charge in [-0.3, -0.25) is 9.59 Å². The van der Waals surface area contributed by atoms with E-state index in [4.69, 9.17) is 9.72 Å². The first kappa shape index (κ1) is 29.4. The molecule has 7 nitrogen and oxygen atoms in total. The molecule has 0 N–H and O–H groups in total. The van der Waals surface area contributed by atoms with E-state index in [-0.39, 0.29) is 5.56 Å². The summed E-state index contributed by atoms with van der Waals surface area (Å²) in [5.41, 5.74) is 5.92. The SMILES string of the molecule is CCCCc1nc(CC)n(-c2ncc(OCC)cn2)c(=O)c1Cc1ccc(-c2ccccc2CCC(=O)C2CC2)cc1. The normalized spacial score (nSPS) is 12.8. The summed E-state index contributed by atoms with van der Waals surface area (Å²) in [6, 6.07) is 16.7. The molecular weight excluding hydrogens is 524 g/mol. The lowest BCUT2D eigenvalue weighted by Crippen LogP contribution is -2.30. The number of nitrogens with zero attached hydrogens (tertiary/aromatic N) is 4. The van der Waals surface area contributed by atoms with Crippen LogP contribution in [-0.2, 0) is 30.5 Å². The largest absolute Gasteiger partial charge is 0.491 e. The number of ether oxygens (including phenoxy) is 1. The van der Waals surface area contributed by atoms with Crippen molar-refractivity contribution in [3.63, 3.8) is 0 Å². The van der Waals surface area contributed by atoms with E-state index in [1.165, 1.54) is 5.56 Å². The zero-order chi connectivity index (χ0) is 29.5. The molecule has 4 aromatic rings. The highest BCUT2D eigenvalue weighted by Crippen LogP contribution is 2.32. The number of rotatable bonds is 14. The first-order valence-electron chi connectivity index (χ1n) is 15.3. The molecule has 0 atom stereocenters. The third kappa shape index (κ3) is 6.84. The van der Waals surface area contributed by atoms with Crippen LogP contribution >= 0.6 is 0 Å². The Balaban J connectivity index is 1.44. The van der Waals surface area contributed by atoms with Crippen LogP contribution in [0.2, 0.25) is 0 Å². The van der Waals surface area contributed by atoms with Crippen LogP contribution in [0.5, 0.6) is 5.75 Å². The Labute approximate surface area is 248 Å². The third-order valence-corrected chi connectivity index (χ3v) is 7.88. The summed E-state index contributed by atoms with van der Waals surface area (Å²) in [5.74, 6) is 2.22. The summed E-state index contributed by atoms with van der Waals surface area (Å²) in [6.45, 7) is 6.57. The number of hydrogen-bond acceptors (Lipinski definition) is 6. The van der Waals surface area contributed by atoms with E-state index in [0.29, 0.717) is 60.7 Å². The number of aromatic nitrogens is 4. The van der Waals surface area contributed by atoms with Crippen molar-refractivity contribution in [3.8, 4) is 22.8 Å². The average molecular weight is 565 g/mol. The second-order valence-electron chi connectivity index (χ2n) is 11.0. The second-order valence-corrected chi connectivity index (χ2v) is 11.0. The molecule has 2 aromatic heterocycles. The molecule has 0 saturated heterocycles. The van der Waals surface area contributed by atoms with Crippen molar-refractivity contribution >= 4 is 5.78 Å². The summed E-state index contributed by atoms with van der Waals surface area (Å²) in [7, 11) is 0. The van der Waals surface area contributed by atoms with Crippen LogP contribution in [0.1, 0.15) is 81.1 Å². The summed E-state index contributed by atoms with van der Waals surface area (Å²) in [4.78, 5) is 40.2. The van der Waals surface area contributed by atoms with Gasteiger partial charge in [-0.25, -0.2) is 19.5 Å². The lowest BCUT2D eigenvalue weighted by molar-refractivity contribution is -0.120. The smallest absolute Gasteiger partial charge is 0.264 e. The molecule has 0 bridgehead atoms. The van der Waals surface area contributed by atoms with Gasteiger partial charge < -0.3 is 4.74 Å². The Kier molecular flexibility index (Phi) is 9.57. The van der Waals surface area contributed by atoms with Crippen molar-refractivity contribution in [1.29, 1.82) is 0 Å². The molecule has 1 fully saturated rings.